The third kappa shape index (κ3) is 4.57. The molecule has 0 aromatic heterocycles. The van der Waals surface area contributed by atoms with Crippen molar-refractivity contribution in [1.82, 2.24) is 0 Å². The van der Waals surface area contributed by atoms with Crippen LogP contribution in [0.25, 0.3) is 0 Å². The summed E-state index contributed by atoms with van der Waals surface area (Å²) in [5.41, 5.74) is 0.767. The first-order valence-electron chi connectivity index (χ1n) is 16.9. The molecule has 6 rings (SSSR count). The van der Waals surface area contributed by atoms with E-state index in [0.717, 1.165) is 64.2 Å². The number of esters is 1. The second kappa shape index (κ2) is 10.5. The van der Waals surface area contributed by atoms with E-state index in [4.69, 9.17) is 9.47 Å². The molecule has 7 nitrogen and oxygen atoms in total. The van der Waals surface area contributed by atoms with Crippen LogP contribution in [0.15, 0.2) is 11.6 Å². The molecule has 1 heterocycles. The minimum atomic E-state index is -0.818. The third-order valence-corrected chi connectivity index (χ3v) is 14.1. The maximum absolute atomic E-state index is 14.2. The van der Waals surface area contributed by atoms with E-state index >= 15 is 0 Å². The fourth-order valence-corrected chi connectivity index (χ4v) is 11.7. The Hall–Kier alpha value is -0.990. The van der Waals surface area contributed by atoms with E-state index in [1.54, 1.807) is 0 Å². The van der Waals surface area contributed by atoms with Crippen LogP contribution in [0.1, 0.15) is 112 Å². The lowest BCUT2D eigenvalue weighted by Crippen LogP contribution is -2.63. The molecule has 1 aliphatic heterocycles. The molecule has 5 aliphatic carbocycles. The average molecular weight is 589 g/mol. The van der Waals surface area contributed by atoms with Gasteiger partial charge < -0.3 is 29.9 Å². The fraction of sp³-hybridized carbons (Fsp3) is 0.914. The van der Waals surface area contributed by atoms with Crippen molar-refractivity contribution in [2.45, 2.75) is 136 Å². The first-order valence-corrected chi connectivity index (χ1v) is 16.9. The molecule has 6 aliphatic rings. The molecule has 42 heavy (non-hydrogen) atoms. The summed E-state index contributed by atoms with van der Waals surface area (Å²) in [7, 11) is 0. The van der Waals surface area contributed by atoms with Gasteiger partial charge in [-0.1, -0.05) is 46.3 Å². The minimum absolute atomic E-state index is 0.0327. The predicted molar refractivity (Wildman–Crippen MR) is 159 cm³/mol. The monoisotopic (exact) mass is 588 g/mol. The van der Waals surface area contributed by atoms with Gasteiger partial charge in [-0.15, -0.1) is 0 Å². The standard InChI is InChI=1S/C35H56O7/c1-31(2)14-15-35(30(40)42-29-17-21(38)16-22(19-36)41-29)13-8-24-23(25(35)18-31)6-7-26-32(24,3)11-9-27-33(26,4)12-10-28(39)34(27,5)20-37/h6,21-22,24-29,36-39H,7-20H2,1-5H3/t21?,22?,24?,25?,26?,27?,28?,29-,32?,33?,34+,35?/m0/s1. The number of hydrogen-bond acceptors (Lipinski definition) is 7. The number of fused-ring (bicyclic) bond motifs is 7. The van der Waals surface area contributed by atoms with E-state index in [0.29, 0.717) is 24.2 Å². The number of aliphatic hydroxyl groups is 4. The van der Waals surface area contributed by atoms with E-state index in [1.165, 1.54) is 5.57 Å². The van der Waals surface area contributed by atoms with Gasteiger partial charge >= 0.3 is 5.97 Å². The van der Waals surface area contributed by atoms with E-state index in [9.17, 15) is 25.2 Å². The molecule has 7 heteroatoms. The highest BCUT2D eigenvalue weighted by molar-refractivity contribution is 5.78. The van der Waals surface area contributed by atoms with Crippen molar-refractivity contribution in [2.75, 3.05) is 13.2 Å². The van der Waals surface area contributed by atoms with E-state index < -0.39 is 35.4 Å². The highest BCUT2D eigenvalue weighted by Gasteiger charge is 2.66. The van der Waals surface area contributed by atoms with Gasteiger partial charge in [0.2, 0.25) is 6.29 Å². The first-order chi connectivity index (χ1) is 19.7. The topological polar surface area (TPSA) is 116 Å². The Labute approximate surface area is 252 Å². The number of rotatable bonds is 4. The molecule has 0 aromatic carbocycles. The summed E-state index contributed by atoms with van der Waals surface area (Å²) in [4.78, 5) is 14.2. The van der Waals surface area contributed by atoms with E-state index in [1.807, 2.05) is 0 Å². The molecule has 0 spiro atoms. The Morgan fingerprint density at radius 3 is 2.36 bits per heavy atom. The van der Waals surface area contributed by atoms with Crippen LogP contribution >= 0.6 is 0 Å². The van der Waals surface area contributed by atoms with Gasteiger partial charge in [-0.25, -0.2) is 0 Å². The van der Waals surface area contributed by atoms with Crippen LogP contribution in [-0.2, 0) is 14.3 Å². The largest absolute Gasteiger partial charge is 0.435 e. The summed E-state index contributed by atoms with van der Waals surface area (Å²) in [5.74, 6) is 1.16. The zero-order chi connectivity index (χ0) is 30.3. The van der Waals surface area contributed by atoms with Crippen molar-refractivity contribution in [3.8, 4) is 0 Å². The van der Waals surface area contributed by atoms with Crippen molar-refractivity contribution in [3.63, 3.8) is 0 Å². The van der Waals surface area contributed by atoms with Gasteiger partial charge in [0, 0.05) is 18.3 Å². The number of carbonyl (C=O) groups is 1. The van der Waals surface area contributed by atoms with Gasteiger partial charge in [0.25, 0.3) is 0 Å². The Balaban J connectivity index is 1.31. The summed E-state index contributed by atoms with van der Waals surface area (Å²) in [6.45, 7) is 11.6. The predicted octanol–water partition coefficient (Wildman–Crippen LogP) is 5.13. The van der Waals surface area contributed by atoms with Gasteiger partial charge in [0.1, 0.15) is 0 Å². The highest BCUT2D eigenvalue weighted by atomic mass is 16.7. The van der Waals surface area contributed by atoms with Crippen molar-refractivity contribution < 1.29 is 34.7 Å². The van der Waals surface area contributed by atoms with Crippen LogP contribution in [-0.4, -0.2) is 64.2 Å². The molecule has 5 fully saturated rings. The Morgan fingerprint density at radius 2 is 1.64 bits per heavy atom. The maximum Gasteiger partial charge on any atom is 0.314 e. The van der Waals surface area contributed by atoms with Crippen molar-refractivity contribution in [1.29, 1.82) is 0 Å². The van der Waals surface area contributed by atoms with Crippen LogP contribution in [0.2, 0.25) is 0 Å². The summed E-state index contributed by atoms with van der Waals surface area (Å²) < 4.78 is 12.0. The summed E-state index contributed by atoms with van der Waals surface area (Å²) >= 11 is 0. The van der Waals surface area contributed by atoms with Crippen LogP contribution in [0, 0.1) is 50.7 Å². The second-order valence-corrected chi connectivity index (χ2v) is 16.9. The fourth-order valence-electron chi connectivity index (χ4n) is 11.7. The lowest BCUT2D eigenvalue weighted by molar-refractivity contribution is -0.234. The summed E-state index contributed by atoms with van der Waals surface area (Å²) in [6, 6.07) is 0. The van der Waals surface area contributed by atoms with Crippen LogP contribution in [0.4, 0.5) is 0 Å². The average Bonchev–Trinajstić information content (AvgIpc) is 2.94. The number of ether oxygens (including phenoxy) is 2. The van der Waals surface area contributed by atoms with Crippen molar-refractivity contribution >= 4 is 5.97 Å². The molecular formula is C35H56O7. The van der Waals surface area contributed by atoms with Gasteiger partial charge in [-0.2, -0.15) is 0 Å². The van der Waals surface area contributed by atoms with Gasteiger partial charge in [-0.05, 0) is 104 Å². The molecule has 4 N–H and O–H groups in total. The van der Waals surface area contributed by atoms with E-state index in [-0.39, 0.29) is 47.8 Å². The van der Waals surface area contributed by atoms with Gasteiger partial charge in [0.05, 0.1) is 36.9 Å². The number of carbonyl (C=O) groups excluding carboxylic acids is 1. The number of allylic oxidation sites excluding steroid dienone is 2. The Bertz CT molecular complexity index is 1090. The molecule has 4 saturated carbocycles. The molecule has 0 amide bonds. The van der Waals surface area contributed by atoms with Crippen LogP contribution in [0.3, 0.4) is 0 Å². The first kappa shape index (κ1) is 31.0. The van der Waals surface area contributed by atoms with E-state index in [2.05, 4.69) is 40.7 Å². The van der Waals surface area contributed by atoms with Gasteiger partial charge in [-0.3, -0.25) is 4.79 Å². The third-order valence-electron chi connectivity index (χ3n) is 14.1. The molecule has 10 unspecified atom stereocenters. The van der Waals surface area contributed by atoms with Crippen molar-refractivity contribution in [3.05, 3.63) is 11.6 Å². The Morgan fingerprint density at radius 1 is 0.905 bits per heavy atom. The molecule has 0 radical (unpaired) electrons. The molecule has 0 aromatic rings. The second-order valence-electron chi connectivity index (χ2n) is 16.9. The summed E-state index contributed by atoms with van der Waals surface area (Å²) in [6.07, 6.45) is 10.1. The van der Waals surface area contributed by atoms with Gasteiger partial charge in [0.15, 0.2) is 0 Å². The molecule has 238 valence electrons. The SMILES string of the molecule is CC1(C)CCC2(C(=O)O[C@H]3CC(O)CC(CO)O3)CCC3C(=CCC4C3(C)CCC3C4(C)CCC(O)[C@]3(C)CO)C2C1. The molecule has 12 atom stereocenters. The van der Waals surface area contributed by atoms with Crippen LogP contribution < -0.4 is 0 Å². The quantitative estimate of drug-likeness (QED) is 0.266. The molecule has 1 saturated heterocycles. The summed E-state index contributed by atoms with van der Waals surface area (Å²) in [5, 5.41) is 41.5. The lowest BCUT2D eigenvalue weighted by atomic mass is 9.37. The Kier molecular flexibility index (Phi) is 7.78. The van der Waals surface area contributed by atoms with Crippen molar-refractivity contribution in [2.24, 2.45) is 50.7 Å². The lowest BCUT2D eigenvalue weighted by Gasteiger charge is -2.68. The zero-order valence-electron chi connectivity index (χ0n) is 26.6. The smallest absolute Gasteiger partial charge is 0.314 e. The number of hydrogen-bond donors (Lipinski definition) is 4. The maximum atomic E-state index is 14.2. The zero-order valence-corrected chi connectivity index (χ0v) is 26.6. The normalized spacial score (nSPS) is 51.7. The van der Waals surface area contributed by atoms with Crippen LogP contribution in [0.5, 0.6) is 0 Å². The molecular weight excluding hydrogens is 532 g/mol. The highest BCUT2D eigenvalue weighted by Crippen LogP contribution is 2.72. The number of aliphatic hydroxyl groups excluding tert-OH is 4. The minimum Gasteiger partial charge on any atom is -0.435 e. The molecule has 0 bridgehead atoms.